The number of hydrogen-bond donors (Lipinski definition) is 2. The monoisotopic (exact) mass is 481 g/mol. The maximum Gasteiger partial charge on any atom is 0.394 e. The molecule has 0 aliphatic rings. The summed E-state index contributed by atoms with van der Waals surface area (Å²) >= 11 is 0. The Morgan fingerprint density at radius 1 is 0.857 bits per heavy atom. The Balaban J connectivity index is 1.78. The maximum absolute atomic E-state index is 12.6. The van der Waals surface area contributed by atoms with E-state index in [4.69, 9.17) is 0 Å². The van der Waals surface area contributed by atoms with Crippen molar-refractivity contribution in [1.82, 2.24) is 15.2 Å². The van der Waals surface area contributed by atoms with Gasteiger partial charge in [-0.3, -0.25) is 14.6 Å². The highest BCUT2D eigenvalue weighted by Crippen LogP contribution is 2.13. The van der Waals surface area contributed by atoms with Crippen molar-refractivity contribution in [3.8, 4) is 0 Å². The first-order valence-corrected chi connectivity index (χ1v) is 12.8. The van der Waals surface area contributed by atoms with Crippen LogP contribution in [0, 0.1) is 0 Å². The first-order valence-electron chi connectivity index (χ1n) is 12.8. The van der Waals surface area contributed by atoms with Gasteiger partial charge in [-0.15, -0.1) is 0 Å². The van der Waals surface area contributed by atoms with Gasteiger partial charge in [-0.1, -0.05) is 82.9 Å². The van der Waals surface area contributed by atoms with Gasteiger partial charge in [0.05, 0.1) is 0 Å². The Labute approximate surface area is 209 Å². The molecule has 7 nitrogen and oxygen atoms in total. The van der Waals surface area contributed by atoms with Crippen LogP contribution in [0.25, 0.3) is 0 Å². The summed E-state index contributed by atoms with van der Waals surface area (Å²) in [7, 11) is 0. The first kappa shape index (κ1) is 28.0. The molecule has 7 heteroatoms. The minimum Gasteiger partial charge on any atom is -0.474 e. The van der Waals surface area contributed by atoms with Crippen LogP contribution in [0.2, 0.25) is 0 Å². The van der Waals surface area contributed by atoms with Gasteiger partial charge in [-0.05, 0) is 35.7 Å². The SMILES string of the molecule is CCCCCCCCCCCCNC(=O)c1cccc(CN(Cc2cccnc2)C(=O)C(=O)O)c1. The second-order valence-electron chi connectivity index (χ2n) is 8.97. The van der Waals surface area contributed by atoms with E-state index in [1.54, 1.807) is 48.8 Å². The largest absolute Gasteiger partial charge is 0.474 e. The van der Waals surface area contributed by atoms with Crippen LogP contribution >= 0.6 is 0 Å². The normalized spacial score (nSPS) is 10.7. The predicted molar refractivity (Wildman–Crippen MR) is 137 cm³/mol. The minimum absolute atomic E-state index is 0.0829. The molecule has 0 fully saturated rings. The van der Waals surface area contributed by atoms with Crippen LogP contribution in [-0.2, 0) is 22.7 Å². The summed E-state index contributed by atoms with van der Waals surface area (Å²) in [4.78, 5) is 41.4. The third-order valence-electron chi connectivity index (χ3n) is 5.94. The molecule has 0 radical (unpaired) electrons. The van der Waals surface area contributed by atoms with Crippen molar-refractivity contribution in [3.05, 3.63) is 65.5 Å². The Kier molecular flexibility index (Phi) is 13.1. The highest BCUT2D eigenvalue weighted by atomic mass is 16.4. The summed E-state index contributed by atoms with van der Waals surface area (Å²) < 4.78 is 0. The molecule has 2 amide bonds. The molecule has 1 aromatic heterocycles. The molecule has 2 rings (SSSR count). The van der Waals surface area contributed by atoms with E-state index < -0.39 is 11.9 Å². The highest BCUT2D eigenvalue weighted by molar-refractivity contribution is 6.31. The lowest BCUT2D eigenvalue weighted by atomic mass is 10.1. The molecule has 2 aromatic rings. The molecule has 0 aliphatic heterocycles. The molecule has 0 saturated carbocycles. The standard InChI is InChI=1S/C28H39N3O4/c1-2-3-4-5-6-7-8-9-10-11-18-30-26(32)25-16-12-14-23(19-25)21-31(27(33)28(34)35)22-24-15-13-17-29-20-24/h12-17,19-20H,2-11,18,21-22H2,1H3,(H,30,32)(H,34,35). The van der Waals surface area contributed by atoms with E-state index in [1.165, 1.54) is 56.3 Å². The summed E-state index contributed by atoms with van der Waals surface area (Å²) in [5.41, 5.74) is 1.92. The Morgan fingerprint density at radius 3 is 2.11 bits per heavy atom. The van der Waals surface area contributed by atoms with E-state index in [-0.39, 0.29) is 19.0 Å². The van der Waals surface area contributed by atoms with Gasteiger partial charge in [0.15, 0.2) is 0 Å². The van der Waals surface area contributed by atoms with Gasteiger partial charge in [-0.2, -0.15) is 0 Å². The van der Waals surface area contributed by atoms with Crippen LogP contribution in [0.1, 0.15) is 92.6 Å². The summed E-state index contributed by atoms with van der Waals surface area (Å²) in [6.45, 7) is 3.07. The van der Waals surface area contributed by atoms with Crippen molar-refractivity contribution < 1.29 is 19.5 Å². The van der Waals surface area contributed by atoms with E-state index in [0.29, 0.717) is 17.7 Å². The number of carboxylic acid groups (broad SMARTS) is 1. The molecule has 1 heterocycles. The number of nitrogens with zero attached hydrogens (tertiary/aromatic N) is 2. The third kappa shape index (κ3) is 11.2. The molecule has 2 N–H and O–H groups in total. The minimum atomic E-state index is -1.51. The molecular weight excluding hydrogens is 442 g/mol. The quantitative estimate of drug-likeness (QED) is 0.249. The number of nitrogens with one attached hydrogen (secondary N) is 1. The van der Waals surface area contributed by atoms with Gasteiger partial charge in [0, 0.05) is 37.6 Å². The van der Waals surface area contributed by atoms with Crippen molar-refractivity contribution in [1.29, 1.82) is 0 Å². The lowest BCUT2D eigenvalue weighted by Crippen LogP contribution is -2.35. The number of amides is 2. The summed E-state index contributed by atoms with van der Waals surface area (Å²) in [5, 5.41) is 12.2. The third-order valence-corrected chi connectivity index (χ3v) is 5.94. The van der Waals surface area contributed by atoms with Gasteiger partial charge in [0.1, 0.15) is 0 Å². The Hall–Kier alpha value is -3.22. The van der Waals surface area contributed by atoms with Crippen LogP contribution in [0.4, 0.5) is 0 Å². The number of aliphatic carboxylic acids is 1. The van der Waals surface area contributed by atoms with Gasteiger partial charge >= 0.3 is 11.9 Å². The number of carboxylic acids is 1. The number of aromatic nitrogens is 1. The number of pyridine rings is 1. The molecule has 0 saturated heterocycles. The summed E-state index contributed by atoms with van der Waals surface area (Å²) in [6, 6.07) is 10.5. The van der Waals surface area contributed by atoms with Crippen LogP contribution in [-0.4, -0.2) is 39.3 Å². The number of hydrogen-bond acceptors (Lipinski definition) is 4. The van der Waals surface area contributed by atoms with Crippen molar-refractivity contribution in [2.45, 2.75) is 84.2 Å². The highest BCUT2D eigenvalue weighted by Gasteiger charge is 2.22. The van der Waals surface area contributed by atoms with E-state index >= 15 is 0 Å². The number of rotatable bonds is 16. The second kappa shape index (κ2) is 16.4. The molecular formula is C28H39N3O4. The fraction of sp³-hybridized carbons (Fsp3) is 0.500. The number of carbonyl (C=O) groups is 3. The van der Waals surface area contributed by atoms with Gasteiger partial charge < -0.3 is 15.3 Å². The smallest absolute Gasteiger partial charge is 0.394 e. The number of benzene rings is 1. The van der Waals surface area contributed by atoms with Gasteiger partial charge in [0.25, 0.3) is 5.91 Å². The lowest BCUT2D eigenvalue weighted by molar-refractivity contribution is -0.156. The van der Waals surface area contributed by atoms with E-state index in [2.05, 4.69) is 17.2 Å². The second-order valence-corrected chi connectivity index (χ2v) is 8.97. The predicted octanol–water partition coefficient (Wildman–Crippen LogP) is 5.35. The molecule has 0 bridgehead atoms. The molecule has 0 aliphatic carbocycles. The van der Waals surface area contributed by atoms with Crippen LogP contribution in [0.3, 0.4) is 0 Å². The topological polar surface area (TPSA) is 99.6 Å². The van der Waals surface area contributed by atoms with Crippen molar-refractivity contribution in [2.75, 3.05) is 6.54 Å². The zero-order valence-corrected chi connectivity index (χ0v) is 20.9. The van der Waals surface area contributed by atoms with Crippen LogP contribution in [0.5, 0.6) is 0 Å². The summed E-state index contributed by atoms with van der Waals surface area (Å²) in [6.07, 6.45) is 15.7. The fourth-order valence-corrected chi connectivity index (χ4v) is 3.99. The number of unbranched alkanes of at least 4 members (excludes halogenated alkanes) is 9. The average Bonchev–Trinajstić information content (AvgIpc) is 2.87. The maximum atomic E-state index is 12.6. The Morgan fingerprint density at radius 2 is 1.49 bits per heavy atom. The fourth-order valence-electron chi connectivity index (χ4n) is 3.99. The van der Waals surface area contributed by atoms with Crippen molar-refractivity contribution in [2.24, 2.45) is 0 Å². The van der Waals surface area contributed by atoms with E-state index in [0.717, 1.165) is 18.4 Å². The molecule has 0 unspecified atom stereocenters. The zero-order chi connectivity index (χ0) is 25.3. The van der Waals surface area contributed by atoms with Gasteiger partial charge in [-0.25, -0.2) is 4.79 Å². The molecule has 190 valence electrons. The molecule has 0 spiro atoms. The zero-order valence-electron chi connectivity index (χ0n) is 20.9. The number of carbonyl (C=O) groups excluding carboxylic acids is 2. The Bertz CT molecular complexity index is 917. The van der Waals surface area contributed by atoms with Crippen LogP contribution < -0.4 is 5.32 Å². The van der Waals surface area contributed by atoms with Gasteiger partial charge in [0.2, 0.25) is 0 Å². The summed E-state index contributed by atoms with van der Waals surface area (Å²) in [5.74, 6) is -2.67. The molecule has 0 atom stereocenters. The first-order chi connectivity index (χ1) is 17.0. The average molecular weight is 482 g/mol. The van der Waals surface area contributed by atoms with Crippen molar-refractivity contribution >= 4 is 17.8 Å². The van der Waals surface area contributed by atoms with E-state index in [9.17, 15) is 19.5 Å². The lowest BCUT2D eigenvalue weighted by Gasteiger charge is -2.21. The van der Waals surface area contributed by atoms with Crippen LogP contribution in [0.15, 0.2) is 48.8 Å². The molecule has 35 heavy (non-hydrogen) atoms. The molecule has 1 aromatic carbocycles. The van der Waals surface area contributed by atoms with Crippen molar-refractivity contribution in [3.63, 3.8) is 0 Å². The van der Waals surface area contributed by atoms with E-state index in [1.807, 2.05) is 0 Å².